The molecule has 0 spiro atoms. The van der Waals surface area contributed by atoms with Crippen molar-refractivity contribution in [3.05, 3.63) is 36.5 Å². The maximum atomic E-state index is 4.23. The topological polar surface area (TPSA) is 30.7 Å². The van der Waals surface area contributed by atoms with Crippen molar-refractivity contribution in [3.8, 4) is 11.3 Å². The highest BCUT2D eigenvalue weighted by Crippen LogP contribution is 2.29. The van der Waals surface area contributed by atoms with E-state index in [0.29, 0.717) is 6.04 Å². The molecular weight excluding hydrogens is 210 g/mol. The maximum Gasteiger partial charge on any atom is 0.113 e. The number of rotatable bonds is 2. The molecule has 0 aliphatic carbocycles. The molecule has 1 heterocycles. The van der Waals surface area contributed by atoms with Gasteiger partial charge in [0.1, 0.15) is 5.69 Å². The van der Waals surface area contributed by atoms with Crippen LogP contribution in [0.2, 0.25) is 0 Å². The van der Waals surface area contributed by atoms with Crippen molar-refractivity contribution in [2.24, 2.45) is 5.41 Å². The Morgan fingerprint density at radius 2 is 1.76 bits per heavy atom. The van der Waals surface area contributed by atoms with Gasteiger partial charge in [0.05, 0.1) is 12.2 Å². The largest absolute Gasteiger partial charge is 0.249 e. The van der Waals surface area contributed by atoms with Gasteiger partial charge in [-0.05, 0) is 12.3 Å². The Labute approximate surface area is 102 Å². The third kappa shape index (κ3) is 2.54. The highest BCUT2D eigenvalue weighted by Gasteiger charge is 2.22. The van der Waals surface area contributed by atoms with Crippen LogP contribution in [0.3, 0.4) is 0 Å². The second kappa shape index (κ2) is 4.32. The van der Waals surface area contributed by atoms with Crippen molar-refractivity contribution in [3.63, 3.8) is 0 Å². The zero-order valence-corrected chi connectivity index (χ0v) is 10.9. The first kappa shape index (κ1) is 11.8. The smallest absolute Gasteiger partial charge is 0.113 e. The summed E-state index contributed by atoms with van der Waals surface area (Å²) >= 11 is 0. The van der Waals surface area contributed by atoms with Crippen molar-refractivity contribution < 1.29 is 0 Å². The van der Waals surface area contributed by atoms with E-state index >= 15 is 0 Å². The van der Waals surface area contributed by atoms with E-state index in [-0.39, 0.29) is 5.41 Å². The Kier molecular flexibility index (Phi) is 3.01. The van der Waals surface area contributed by atoms with Crippen molar-refractivity contribution in [2.45, 2.75) is 33.7 Å². The Morgan fingerprint density at radius 3 is 2.35 bits per heavy atom. The molecule has 90 valence electrons. The second-order valence-electron chi connectivity index (χ2n) is 5.49. The molecule has 1 atom stereocenters. The zero-order chi connectivity index (χ0) is 12.5. The predicted molar refractivity (Wildman–Crippen MR) is 69.6 cm³/mol. The molecule has 0 fully saturated rings. The van der Waals surface area contributed by atoms with Crippen LogP contribution in [0.1, 0.15) is 33.7 Å². The fourth-order valence-corrected chi connectivity index (χ4v) is 1.60. The second-order valence-corrected chi connectivity index (χ2v) is 5.49. The number of nitrogens with zero attached hydrogens (tertiary/aromatic N) is 3. The van der Waals surface area contributed by atoms with E-state index < -0.39 is 0 Å². The highest BCUT2D eigenvalue weighted by molar-refractivity contribution is 5.57. The lowest BCUT2D eigenvalue weighted by molar-refractivity contribution is 0.241. The van der Waals surface area contributed by atoms with Gasteiger partial charge in [0.15, 0.2) is 0 Å². The monoisotopic (exact) mass is 229 g/mol. The summed E-state index contributed by atoms with van der Waals surface area (Å²) in [4.78, 5) is 0. The van der Waals surface area contributed by atoms with Gasteiger partial charge >= 0.3 is 0 Å². The third-order valence-electron chi connectivity index (χ3n) is 3.23. The molecule has 3 nitrogen and oxygen atoms in total. The first-order chi connectivity index (χ1) is 7.98. The molecule has 0 saturated carbocycles. The summed E-state index contributed by atoms with van der Waals surface area (Å²) in [6.45, 7) is 8.80. The Balaban J connectivity index is 2.28. The van der Waals surface area contributed by atoms with Crippen LogP contribution >= 0.6 is 0 Å². The highest BCUT2D eigenvalue weighted by atomic mass is 15.4. The molecular formula is C14H19N3. The number of hydrogen-bond acceptors (Lipinski definition) is 2. The molecule has 0 amide bonds. The minimum Gasteiger partial charge on any atom is -0.249 e. The molecule has 1 unspecified atom stereocenters. The first-order valence-electron chi connectivity index (χ1n) is 5.96. The molecule has 0 saturated heterocycles. The Bertz CT molecular complexity index is 480. The number of benzene rings is 1. The number of aromatic nitrogens is 3. The van der Waals surface area contributed by atoms with Crippen molar-refractivity contribution in [1.82, 2.24) is 15.0 Å². The lowest BCUT2D eigenvalue weighted by Crippen LogP contribution is -2.21. The summed E-state index contributed by atoms with van der Waals surface area (Å²) in [5, 5.41) is 8.46. The van der Waals surface area contributed by atoms with E-state index in [0.717, 1.165) is 11.3 Å². The number of hydrogen-bond donors (Lipinski definition) is 0. The van der Waals surface area contributed by atoms with Gasteiger partial charge < -0.3 is 0 Å². The molecule has 17 heavy (non-hydrogen) atoms. The first-order valence-corrected chi connectivity index (χ1v) is 5.96. The molecule has 3 heteroatoms. The standard InChI is InChI=1S/C14H19N3/c1-11(14(2,3)4)17-10-13(15-16-17)12-8-6-5-7-9-12/h5-11H,1-4H3. The molecule has 0 aliphatic heterocycles. The van der Waals surface area contributed by atoms with Gasteiger partial charge in [-0.1, -0.05) is 56.3 Å². The quantitative estimate of drug-likeness (QED) is 0.788. The van der Waals surface area contributed by atoms with Crippen LogP contribution in [-0.4, -0.2) is 15.0 Å². The normalized spacial score (nSPS) is 13.6. The van der Waals surface area contributed by atoms with Gasteiger partial charge in [0.2, 0.25) is 0 Å². The van der Waals surface area contributed by atoms with E-state index in [2.05, 4.69) is 50.1 Å². The average Bonchev–Trinajstić information content (AvgIpc) is 2.77. The van der Waals surface area contributed by atoms with E-state index in [1.54, 1.807) is 0 Å². The fraction of sp³-hybridized carbons (Fsp3) is 0.429. The molecule has 2 rings (SSSR count). The summed E-state index contributed by atoms with van der Waals surface area (Å²) in [6, 6.07) is 10.5. The lowest BCUT2D eigenvalue weighted by Gasteiger charge is -2.26. The average molecular weight is 229 g/mol. The molecule has 0 aliphatic rings. The van der Waals surface area contributed by atoms with Gasteiger partial charge in [-0.3, -0.25) is 0 Å². The Morgan fingerprint density at radius 1 is 1.12 bits per heavy atom. The molecule has 0 N–H and O–H groups in total. The van der Waals surface area contributed by atoms with Crippen molar-refractivity contribution >= 4 is 0 Å². The van der Waals surface area contributed by atoms with Crippen LogP contribution in [0.15, 0.2) is 36.5 Å². The van der Waals surface area contributed by atoms with E-state index in [4.69, 9.17) is 0 Å². The maximum absolute atomic E-state index is 4.23. The molecule has 0 radical (unpaired) electrons. The van der Waals surface area contributed by atoms with E-state index in [1.807, 2.05) is 29.1 Å². The fourth-order valence-electron chi connectivity index (χ4n) is 1.60. The van der Waals surface area contributed by atoms with Crippen molar-refractivity contribution in [2.75, 3.05) is 0 Å². The molecule has 1 aromatic heterocycles. The lowest BCUT2D eigenvalue weighted by atomic mass is 9.88. The Hall–Kier alpha value is -1.64. The van der Waals surface area contributed by atoms with E-state index in [1.165, 1.54) is 0 Å². The van der Waals surface area contributed by atoms with Crippen LogP contribution in [-0.2, 0) is 0 Å². The molecule has 1 aromatic carbocycles. The zero-order valence-electron chi connectivity index (χ0n) is 10.9. The summed E-state index contributed by atoms with van der Waals surface area (Å²) in [5.41, 5.74) is 2.23. The molecule has 0 bridgehead atoms. The summed E-state index contributed by atoms with van der Waals surface area (Å²) in [5.74, 6) is 0. The predicted octanol–water partition coefficient (Wildman–Crippen LogP) is 3.55. The van der Waals surface area contributed by atoms with Gasteiger partial charge in [0.25, 0.3) is 0 Å². The molecule has 2 aromatic rings. The minimum atomic E-state index is 0.182. The minimum absolute atomic E-state index is 0.182. The SMILES string of the molecule is CC(n1cc(-c2ccccc2)nn1)C(C)(C)C. The van der Waals surface area contributed by atoms with E-state index in [9.17, 15) is 0 Å². The van der Waals surface area contributed by atoms with Crippen LogP contribution in [0.4, 0.5) is 0 Å². The van der Waals surface area contributed by atoms with Gasteiger partial charge in [-0.25, -0.2) is 4.68 Å². The summed E-state index contributed by atoms with van der Waals surface area (Å²) in [7, 11) is 0. The van der Waals surface area contributed by atoms with Crippen LogP contribution in [0.5, 0.6) is 0 Å². The van der Waals surface area contributed by atoms with Gasteiger partial charge in [-0.2, -0.15) is 0 Å². The third-order valence-corrected chi connectivity index (χ3v) is 3.23. The van der Waals surface area contributed by atoms with Gasteiger partial charge in [0, 0.05) is 5.56 Å². The summed E-state index contributed by atoms with van der Waals surface area (Å²) < 4.78 is 1.95. The van der Waals surface area contributed by atoms with Crippen LogP contribution in [0, 0.1) is 5.41 Å². The van der Waals surface area contributed by atoms with Crippen molar-refractivity contribution in [1.29, 1.82) is 0 Å². The van der Waals surface area contributed by atoms with Gasteiger partial charge in [-0.15, -0.1) is 5.10 Å². The van der Waals surface area contributed by atoms with Crippen LogP contribution in [0.25, 0.3) is 11.3 Å². The summed E-state index contributed by atoms with van der Waals surface area (Å²) in [6.07, 6.45) is 2.02. The van der Waals surface area contributed by atoms with Crippen LogP contribution < -0.4 is 0 Å².